The molecule has 14 heteroatoms. The number of nitrogens with two attached hydrogens (primary N) is 1. The predicted molar refractivity (Wildman–Crippen MR) is 181 cm³/mol. The smallest absolute Gasteiger partial charge is 0.303 e. The highest BCUT2D eigenvalue weighted by atomic mass is 35.5. The van der Waals surface area contributed by atoms with Crippen LogP contribution in [0.1, 0.15) is 41.6 Å². The van der Waals surface area contributed by atoms with E-state index < -0.39 is 17.3 Å². The van der Waals surface area contributed by atoms with Crippen molar-refractivity contribution < 1.29 is 23.8 Å². The number of amides is 1. The number of aromatic nitrogens is 6. The van der Waals surface area contributed by atoms with Gasteiger partial charge in [0.25, 0.3) is 0 Å². The lowest BCUT2D eigenvalue weighted by Gasteiger charge is -2.23. The molecule has 4 N–H and O–H groups in total. The lowest BCUT2D eigenvalue weighted by atomic mass is 9.83. The number of halogens is 2. The zero-order chi connectivity index (χ0) is 34.4. The van der Waals surface area contributed by atoms with Crippen molar-refractivity contribution in [3.05, 3.63) is 112 Å². The molecule has 1 aliphatic rings. The quantitative estimate of drug-likeness (QED) is 0.171. The summed E-state index contributed by atoms with van der Waals surface area (Å²) in [4.78, 5) is 39.5. The number of fused-ring (bicyclic) bond motifs is 2. The van der Waals surface area contributed by atoms with Gasteiger partial charge in [-0.15, -0.1) is 0 Å². The number of anilines is 2. The summed E-state index contributed by atoms with van der Waals surface area (Å²) >= 11 is 6.35. The number of aliphatic carboxylic acids is 1. The number of nitrogens with one attached hydrogen (secondary N) is 1. The molecule has 6 aromatic rings. The molecular formula is C35H30ClFN8O4. The standard InChI is InChI=1S/C35H30ClFN8O4/c1-35(33-39-22(10-14-27(46)47)18-44(33)16-19-7-11-23(49-2)12-8-19)28-30(38)40-32(41-31(28)42-34(35)48)29-24-13-9-21(36)15-26(24)45(43-29)17-20-5-3-4-6-25(20)37/h3-9,11-13,15,18H,10,14,16-17H2,1-2H3,(H,46,47)(H3,38,40,41,42,48). The molecule has 0 saturated heterocycles. The van der Waals surface area contributed by atoms with Gasteiger partial charge in [0.2, 0.25) is 5.91 Å². The van der Waals surface area contributed by atoms with Crippen molar-refractivity contribution in [2.45, 2.75) is 38.3 Å². The van der Waals surface area contributed by atoms with Crippen LogP contribution >= 0.6 is 11.6 Å². The maximum absolute atomic E-state index is 14.6. The lowest BCUT2D eigenvalue weighted by Crippen LogP contribution is -2.36. The number of imidazole rings is 1. The first-order valence-electron chi connectivity index (χ1n) is 15.4. The Labute approximate surface area is 284 Å². The first kappa shape index (κ1) is 31.8. The number of ether oxygens (including phenoxy) is 1. The highest BCUT2D eigenvalue weighted by Crippen LogP contribution is 2.45. The number of nitrogen functional groups attached to an aromatic ring is 1. The summed E-state index contributed by atoms with van der Waals surface area (Å²) in [5, 5.41) is 18.1. The second-order valence-electron chi connectivity index (χ2n) is 11.9. The fraction of sp³-hybridized carbons (Fsp3) is 0.200. The van der Waals surface area contributed by atoms with Gasteiger partial charge in [-0.1, -0.05) is 41.9 Å². The van der Waals surface area contributed by atoms with Crippen molar-refractivity contribution in [3.63, 3.8) is 0 Å². The number of nitrogens with zero attached hydrogens (tertiary/aromatic N) is 6. The van der Waals surface area contributed by atoms with Gasteiger partial charge in [-0.3, -0.25) is 14.3 Å². The first-order chi connectivity index (χ1) is 23.5. The summed E-state index contributed by atoms with van der Waals surface area (Å²) in [5.41, 5.74) is 8.44. The number of methoxy groups -OCH3 is 1. The van der Waals surface area contributed by atoms with Crippen molar-refractivity contribution in [3.8, 4) is 17.3 Å². The summed E-state index contributed by atoms with van der Waals surface area (Å²) in [6.07, 6.45) is 1.79. The highest BCUT2D eigenvalue weighted by molar-refractivity contribution is 6.31. The summed E-state index contributed by atoms with van der Waals surface area (Å²) in [6, 6.07) is 19.1. The molecule has 248 valence electrons. The molecule has 0 radical (unpaired) electrons. The molecule has 0 fully saturated rings. The average Bonchev–Trinajstić information content (AvgIpc) is 3.73. The molecule has 1 atom stereocenters. The average molecular weight is 681 g/mol. The summed E-state index contributed by atoms with van der Waals surface area (Å²) in [7, 11) is 1.59. The second kappa shape index (κ2) is 12.3. The largest absolute Gasteiger partial charge is 0.497 e. The minimum absolute atomic E-state index is 0.0395. The number of rotatable bonds is 10. The summed E-state index contributed by atoms with van der Waals surface area (Å²) in [5.74, 6) is -0.301. The van der Waals surface area contributed by atoms with Crippen LogP contribution in [0.4, 0.5) is 16.0 Å². The fourth-order valence-electron chi connectivity index (χ4n) is 6.22. The van der Waals surface area contributed by atoms with Gasteiger partial charge in [-0.2, -0.15) is 5.10 Å². The number of carboxylic acids is 1. The molecule has 12 nitrogen and oxygen atoms in total. The highest BCUT2D eigenvalue weighted by Gasteiger charge is 2.51. The number of hydrogen-bond donors (Lipinski definition) is 3. The second-order valence-corrected chi connectivity index (χ2v) is 12.4. The fourth-order valence-corrected chi connectivity index (χ4v) is 6.39. The molecule has 1 amide bonds. The Bertz CT molecular complexity index is 2270. The Morgan fingerprint density at radius 1 is 1.08 bits per heavy atom. The lowest BCUT2D eigenvalue weighted by molar-refractivity contribution is -0.137. The van der Waals surface area contributed by atoms with Crippen LogP contribution in [0.2, 0.25) is 5.02 Å². The van der Waals surface area contributed by atoms with Crippen LogP contribution < -0.4 is 15.8 Å². The van der Waals surface area contributed by atoms with Crippen LogP contribution in [0, 0.1) is 5.82 Å². The maximum Gasteiger partial charge on any atom is 0.303 e. The molecule has 3 aromatic carbocycles. The van der Waals surface area contributed by atoms with Crippen LogP contribution in [0.3, 0.4) is 0 Å². The number of hydrogen-bond acceptors (Lipinski definition) is 8. The van der Waals surface area contributed by atoms with E-state index in [1.54, 1.807) is 61.3 Å². The van der Waals surface area contributed by atoms with Gasteiger partial charge in [-0.25, -0.2) is 19.3 Å². The molecular weight excluding hydrogens is 651 g/mol. The van der Waals surface area contributed by atoms with E-state index >= 15 is 0 Å². The number of benzene rings is 3. The van der Waals surface area contributed by atoms with E-state index in [9.17, 15) is 19.1 Å². The first-order valence-corrected chi connectivity index (χ1v) is 15.7. The zero-order valence-electron chi connectivity index (χ0n) is 26.4. The van der Waals surface area contributed by atoms with Gasteiger partial charge in [0.05, 0.1) is 36.8 Å². The Morgan fingerprint density at radius 3 is 2.59 bits per heavy atom. The van der Waals surface area contributed by atoms with Gasteiger partial charge in [0.15, 0.2) is 5.82 Å². The van der Waals surface area contributed by atoms with Crippen LogP contribution in [0.5, 0.6) is 5.75 Å². The third-order valence-electron chi connectivity index (χ3n) is 8.71. The number of aryl methyl sites for hydroxylation is 1. The van der Waals surface area contributed by atoms with Gasteiger partial charge in [0.1, 0.15) is 40.1 Å². The van der Waals surface area contributed by atoms with E-state index in [-0.39, 0.29) is 42.7 Å². The van der Waals surface area contributed by atoms with E-state index in [0.717, 1.165) is 5.56 Å². The molecule has 1 aliphatic heterocycles. The summed E-state index contributed by atoms with van der Waals surface area (Å²) < 4.78 is 23.3. The third kappa shape index (κ3) is 5.71. The molecule has 49 heavy (non-hydrogen) atoms. The molecule has 0 spiro atoms. The molecule has 1 unspecified atom stereocenters. The van der Waals surface area contributed by atoms with Crippen molar-refractivity contribution in [2.24, 2.45) is 0 Å². The van der Waals surface area contributed by atoms with Crippen molar-refractivity contribution in [1.29, 1.82) is 0 Å². The Hall–Kier alpha value is -5.82. The van der Waals surface area contributed by atoms with Gasteiger partial charge in [-0.05, 0) is 48.9 Å². The van der Waals surface area contributed by atoms with Crippen molar-refractivity contribution >= 4 is 46.0 Å². The van der Waals surface area contributed by atoms with Crippen LogP contribution in [-0.2, 0) is 34.5 Å². The van der Waals surface area contributed by atoms with E-state index in [0.29, 0.717) is 56.6 Å². The number of carbonyl (C=O) groups is 2. The van der Waals surface area contributed by atoms with E-state index in [1.165, 1.54) is 6.07 Å². The minimum atomic E-state index is -1.42. The molecule has 0 aliphatic carbocycles. The topological polar surface area (TPSA) is 163 Å². The molecule has 4 heterocycles. The van der Waals surface area contributed by atoms with Crippen molar-refractivity contribution in [1.82, 2.24) is 29.3 Å². The SMILES string of the molecule is COc1ccc(Cn2cc(CCC(=O)O)nc2C2(C)C(=O)Nc3nc(-c4nn(Cc5ccccc5F)c5cc(Cl)ccc45)nc(N)c32)cc1. The monoisotopic (exact) mass is 680 g/mol. The van der Waals surface area contributed by atoms with Crippen molar-refractivity contribution in [2.75, 3.05) is 18.2 Å². The van der Waals surface area contributed by atoms with Gasteiger partial charge < -0.3 is 25.5 Å². The maximum atomic E-state index is 14.6. The Kier molecular flexibility index (Phi) is 7.99. The minimum Gasteiger partial charge on any atom is -0.497 e. The van der Waals surface area contributed by atoms with Crippen LogP contribution in [0.25, 0.3) is 22.4 Å². The number of carbonyl (C=O) groups excluding carboxylic acids is 1. The number of carboxylic acid groups (broad SMARTS) is 1. The molecule has 7 rings (SSSR count). The Balaban J connectivity index is 1.32. The van der Waals surface area contributed by atoms with E-state index in [1.807, 2.05) is 28.8 Å². The van der Waals surface area contributed by atoms with Gasteiger partial charge >= 0.3 is 5.97 Å². The van der Waals surface area contributed by atoms with Crippen LogP contribution in [-0.4, -0.2) is 53.4 Å². The van der Waals surface area contributed by atoms with E-state index in [4.69, 9.17) is 37.1 Å². The Morgan fingerprint density at radius 2 is 1.86 bits per heavy atom. The normalized spacial score (nSPS) is 15.4. The van der Waals surface area contributed by atoms with Gasteiger partial charge in [0, 0.05) is 35.1 Å². The van der Waals surface area contributed by atoms with Crippen LogP contribution in [0.15, 0.2) is 72.9 Å². The molecule has 3 aromatic heterocycles. The summed E-state index contributed by atoms with van der Waals surface area (Å²) in [6.45, 7) is 2.16. The molecule has 0 bridgehead atoms. The third-order valence-corrected chi connectivity index (χ3v) is 8.94. The van der Waals surface area contributed by atoms with E-state index in [2.05, 4.69) is 10.3 Å². The predicted octanol–water partition coefficient (Wildman–Crippen LogP) is 5.45. The zero-order valence-corrected chi connectivity index (χ0v) is 27.2. The molecule has 0 saturated carbocycles.